The molecule has 0 aliphatic carbocycles. The summed E-state index contributed by atoms with van der Waals surface area (Å²) in [5, 5.41) is 0. The summed E-state index contributed by atoms with van der Waals surface area (Å²) in [4.78, 5) is 11.1. The van der Waals surface area contributed by atoms with Gasteiger partial charge in [0.15, 0.2) is 6.10 Å². The minimum Gasteiger partial charge on any atom is -0.467 e. The van der Waals surface area contributed by atoms with Crippen molar-refractivity contribution in [2.24, 2.45) is 5.92 Å². The molecule has 0 radical (unpaired) electrons. The van der Waals surface area contributed by atoms with Crippen LogP contribution in [0.3, 0.4) is 0 Å². The molecule has 0 amide bonds. The van der Waals surface area contributed by atoms with Gasteiger partial charge in [0, 0.05) is 13.0 Å². The van der Waals surface area contributed by atoms with E-state index in [1.165, 1.54) is 14.2 Å². The zero-order valence-corrected chi connectivity index (χ0v) is 8.03. The van der Waals surface area contributed by atoms with E-state index in [9.17, 15) is 4.79 Å². The molecule has 3 nitrogen and oxygen atoms in total. The maximum absolute atomic E-state index is 11.1. The molecule has 70 valence electrons. The van der Waals surface area contributed by atoms with Gasteiger partial charge in [-0.05, 0) is 6.92 Å². The second kappa shape index (κ2) is 5.77. The molecule has 0 saturated heterocycles. The fourth-order valence-corrected chi connectivity index (χ4v) is 1.05. The second-order valence-electron chi connectivity index (χ2n) is 2.56. The van der Waals surface area contributed by atoms with Crippen LogP contribution < -0.4 is 0 Å². The summed E-state index contributed by atoms with van der Waals surface area (Å²) in [5.74, 6) is -0.282. The van der Waals surface area contributed by atoms with Gasteiger partial charge in [0.25, 0.3) is 0 Å². The molecule has 0 N–H and O–H groups in total. The summed E-state index contributed by atoms with van der Waals surface area (Å²) >= 11 is 0. The number of carbonyl (C=O) groups is 1. The first-order chi connectivity index (χ1) is 5.67. The average Bonchev–Trinajstić information content (AvgIpc) is 2.06. The van der Waals surface area contributed by atoms with Gasteiger partial charge >= 0.3 is 5.97 Å². The highest BCUT2D eigenvalue weighted by Gasteiger charge is 2.23. The molecule has 12 heavy (non-hydrogen) atoms. The van der Waals surface area contributed by atoms with Gasteiger partial charge in [0.1, 0.15) is 0 Å². The summed E-state index contributed by atoms with van der Waals surface area (Å²) < 4.78 is 9.56. The molecule has 2 atom stereocenters. The van der Waals surface area contributed by atoms with Crippen LogP contribution in [0.4, 0.5) is 0 Å². The summed E-state index contributed by atoms with van der Waals surface area (Å²) in [6.07, 6.45) is 3.30. The molecule has 0 bridgehead atoms. The Kier molecular flexibility index (Phi) is 5.37. The number of hydrogen-bond donors (Lipinski definition) is 0. The Morgan fingerprint density at radius 3 is 2.33 bits per heavy atom. The average molecular weight is 172 g/mol. The van der Waals surface area contributed by atoms with E-state index in [0.29, 0.717) is 0 Å². The van der Waals surface area contributed by atoms with E-state index >= 15 is 0 Å². The van der Waals surface area contributed by atoms with Crippen LogP contribution in [-0.2, 0) is 14.3 Å². The predicted molar refractivity (Wildman–Crippen MR) is 46.8 cm³/mol. The van der Waals surface area contributed by atoms with E-state index in [-0.39, 0.29) is 11.9 Å². The monoisotopic (exact) mass is 172 g/mol. The van der Waals surface area contributed by atoms with Crippen LogP contribution in [0.5, 0.6) is 0 Å². The standard InChI is InChI=1S/C9H16O3/c1-5-6-7(2)8(11-3)9(10)12-4/h5-8H,1-4H3/b6-5+/t7-,8-/m1/s1. The molecule has 0 heterocycles. The largest absolute Gasteiger partial charge is 0.467 e. The molecule has 0 aromatic heterocycles. The van der Waals surface area contributed by atoms with Crippen molar-refractivity contribution in [2.75, 3.05) is 14.2 Å². The van der Waals surface area contributed by atoms with Crippen LogP contribution in [0.15, 0.2) is 12.2 Å². The van der Waals surface area contributed by atoms with Crippen LogP contribution in [-0.4, -0.2) is 26.3 Å². The number of allylic oxidation sites excluding steroid dienone is 1. The summed E-state index contributed by atoms with van der Waals surface area (Å²) in [6.45, 7) is 3.81. The van der Waals surface area contributed by atoms with Crippen LogP contribution in [0.2, 0.25) is 0 Å². The van der Waals surface area contributed by atoms with Gasteiger partial charge in [-0.15, -0.1) is 0 Å². The summed E-state index contributed by atoms with van der Waals surface area (Å²) in [5.41, 5.74) is 0. The first-order valence-electron chi connectivity index (χ1n) is 3.90. The van der Waals surface area contributed by atoms with Gasteiger partial charge in [-0.25, -0.2) is 4.79 Å². The van der Waals surface area contributed by atoms with Gasteiger partial charge in [0.05, 0.1) is 7.11 Å². The predicted octanol–water partition coefficient (Wildman–Crippen LogP) is 1.39. The highest BCUT2D eigenvalue weighted by atomic mass is 16.6. The van der Waals surface area contributed by atoms with Crippen molar-refractivity contribution < 1.29 is 14.3 Å². The van der Waals surface area contributed by atoms with Crippen molar-refractivity contribution in [1.82, 2.24) is 0 Å². The van der Waals surface area contributed by atoms with Crippen LogP contribution in [0, 0.1) is 5.92 Å². The molecule has 0 saturated carbocycles. The Labute approximate surface area is 73.4 Å². The van der Waals surface area contributed by atoms with E-state index in [0.717, 1.165) is 0 Å². The van der Waals surface area contributed by atoms with Crippen LogP contribution in [0.1, 0.15) is 13.8 Å². The summed E-state index contributed by atoms with van der Waals surface area (Å²) in [6, 6.07) is 0. The highest BCUT2D eigenvalue weighted by Crippen LogP contribution is 2.09. The van der Waals surface area contributed by atoms with Crippen LogP contribution in [0.25, 0.3) is 0 Å². The fraction of sp³-hybridized carbons (Fsp3) is 0.667. The number of methoxy groups -OCH3 is 2. The van der Waals surface area contributed by atoms with Crippen molar-refractivity contribution in [3.8, 4) is 0 Å². The lowest BCUT2D eigenvalue weighted by atomic mass is 10.0. The fourth-order valence-electron chi connectivity index (χ4n) is 1.05. The Balaban J connectivity index is 4.23. The Hall–Kier alpha value is -0.830. The van der Waals surface area contributed by atoms with Gasteiger partial charge < -0.3 is 9.47 Å². The van der Waals surface area contributed by atoms with Crippen molar-refractivity contribution in [3.63, 3.8) is 0 Å². The maximum atomic E-state index is 11.1. The van der Waals surface area contributed by atoms with Gasteiger partial charge in [0.2, 0.25) is 0 Å². The molecular weight excluding hydrogens is 156 g/mol. The Bertz CT molecular complexity index is 163. The first-order valence-corrected chi connectivity index (χ1v) is 3.90. The molecule has 0 aliphatic heterocycles. The minimum atomic E-state index is -0.494. The maximum Gasteiger partial charge on any atom is 0.335 e. The van der Waals surface area contributed by atoms with E-state index in [1.54, 1.807) is 0 Å². The first kappa shape index (κ1) is 11.2. The lowest BCUT2D eigenvalue weighted by molar-refractivity contribution is -0.154. The van der Waals surface area contributed by atoms with Gasteiger partial charge in [-0.3, -0.25) is 0 Å². The highest BCUT2D eigenvalue weighted by molar-refractivity contribution is 5.75. The zero-order valence-electron chi connectivity index (χ0n) is 8.03. The molecule has 0 aromatic carbocycles. The molecule has 3 heteroatoms. The van der Waals surface area contributed by atoms with Crippen molar-refractivity contribution in [1.29, 1.82) is 0 Å². The molecular formula is C9H16O3. The smallest absolute Gasteiger partial charge is 0.335 e. The Morgan fingerprint density at radius 2 is 2.00 bits per heavy atom. The Morgan fingerprint density at radius 1 is 1.42 bits per heavy atom. The number of carbonyl (C=O) groups excluding carboxylic acids is 1. The third-order valence-corrected chi connectivity index (χ3v) is 1.66. The van der Waals surface area contributed by atoms with E-state index in [1.807, 2.05) is 26.0 Å². The summed E-state index contributed by atoms with van der Waals surface area (Å²) in [7, 11) is 2.86. The molecule has 0 fully saturated rings. The van der Waals surface area contributed by atoms with Gasteiger partial charge in [-0.2, -0.15) is 0 Å². The number of rotatable bonds is 4. The van der Waals surface area contributed by atoms with E-state index < -0.39 is 6.10 Å². The normalized spacial score (nSPS) is 16.0. The topological polar surface area (TPSA) is 35.5 Å². The molecule has 0 unspecified atom stereocenters. The van der Waals surface area contributed by atoms with Crippen LogP contribution >= 0.6 is 0 Å². The van der Waals surface area contributed by atoms with E-state index in [2.05, 4.69) is 4.74 Å². The zero-order chi connectivity index (χ0) is 9.56. The third kappa shape index (κ3) is 3.05. The second-order valence-corrected chi connectivity index (χ2v) is 2.56. The van der Waals surface area contributed by atoms with Crippen molar-refractivity contribution in [2.45, 2.75) is 20.0 Å². The third-order valence-electron chi connectivity index (χ3n) is 1.66. The molecule has 0 aromatic rings. The molecule has 0 rings (SSSR count). The van der Waals surface area contributed by atoms with Crippen molar-refractivity contribution >= 4 is 5.97 Å². The minimum absolute atomic E-state index is 0.0486. The number of esters is 1. The number of ether oxygens (including phenoxy) is 2. The van der Waals surface area contributed by atoms with Gasteiger partial charge in [-0.1, -0.05) is 19.1 Å². The molecule has 0 spiro atoms. The van der Waals surface area contributed by atoms with E-state index in [4.69, 9.17) is 4.74 Å². The number of hydrogen-bond acceptors (Lipinski definition) is 3. The lowest BCUT2D eigenvalue weighted by Crippen LogP contribution is -2.30. The van der Waals surface area contributed by atoms with Crippen molar-refractivity contribution in [3.05, 3.63) is 12.2 Å². The quantitative estimate of drug-likeness (QED) is 0.475. The molecule has 0 aliphatic rings. The SMILES string of the molecule is C/C=C/[C@@H](C)[C@@H](OC)C(=O)OC. The lowest BCUT2D eigenvalue weighted by Gasteiger charge is -2.16.